The molecule has 12 nitrogen and oxygen atoms in total. The van der Waals surface area contributed by atoms with Crippen LogP contribution in [0.4, 0.5) is 5.95 Å². The van der Waals surface area contributed by atoms with Crippen molar-refractivity contribution in [1.82, 2.24) is 14.8 Å². The van der Waals surface area contributed by atoms with Crippen LogP contribution >= 0.6 is 0 Å². The molecule has 1 aromatic carbocycles. The zero-order chi connectivity index (χ0) is 40.7. The molecule has 0 radical (unpaired) electrons. The summed E-state index contributed by atoms with van der Waals surface area (Å²) in [7, 11) is 1.35. The SMILES string of the molecule is COC(=O)/C(C)=C\CC12OC(C)(C)C3CC(C1=O)C1C4=C(Nc5ncnn51)c1c(OCCCCO)c5c(c(CC=C(C)C)c1OC432)OC(C)(CCC=C(C)C)C=C5. The number of methoxy groups -OCH3 is 1. The number of carbonyl (C=O) groups is 2. The van der Waals surface area contributed by atoms with Crippen molar-refractivity contribution >= 4 is 29.5 Å². The van der Waals surface area contributed by atoms with Crippen LogP contribution in [0.15, 0.2) is 52.9 Å². The Balaban J connectivity index is 1.43. The molecule has 3 saturated carbocycles. The molecule has 9 rings (SSSR count). The number of rotatable bonds is 13. The maximum absolute atomic E-state index is 15.4. The minimum atomic E-state index is -1.49. The lowest BCUT2D eigenvalue weighted by Crippen LogP contribution is -2.75. The summed E-state index contributed by atoms with van der Waals surface area (Å²) in [5, 5.41) is 18.0. The first kappa shape index (κ1) is 39.2. The standard InChI is InChI=1S/C45H56N4O8/c1-25(2)13-12-18-43(8)19-17-29-36(55-43)28(15-14-26(3)4)38-32(37(29)54-22-11-10-21-50)34-33-35(49-41(48-34)46-24-47-49)30-23-31-42(6,7)57-44(39(30)51,45(31,33)56-38)20-16-27(5)40(52)53-9/h13-14,16-17,19,24,30-31,35,50H,10-12,15,18,20-23H2,1-9H3,(H,46,47,48)/b27-16-. The number of nitrogens with one attached hydrogen (secondary N) is 1. The summed E-state index contributed by atoms with van der Waals surface area (Å²) in [6, 6.07) is -0.489. The number of carbonyl (C=O) groups excluding carboxylic acids is 2. The molecule has 5 heterocycles. The second-order valence-electron chi connectivity index (χ2n) is 17.7. The third kappa shape index (κ3) is 5.83. The number of ether oxygens (including phenoxy) is 5. The van der Waals surface area contributed by atoms with E-state index in [1.54, 1.807) is 13.0 Å². The number of benzene rings is 1. The molecule has 6 atom stereocenters. The lowest BCUT2D eigenvalue weighted by molar-refractivity contribution is -0.181. The summed E-state index contributed by atoms with van der Waals surface area (Å²) in [5.74, 6) is 1.09. The molecular weight excluding hydrogens is 725 g/mol. The maximum atomic E-state index is 15.4. The van der Waals surface area contributed by atoms with Crippen molar-refractivity contribution in [2.45, 2.75) is 129 Å². The Hall–Kier alpha value is -4.68. The van der Waals surface area contributed by atoms with E-state index >= 15 is 4.79 Å². The molecule has 6 unspecified atom stereocenters. The number of esters is 1. The van der Waals surface area contributed by atoms with Gasteiger partial charge >= 0.3 is 5.97 Å². The molecule has 2 aromatic rings. The minimum Gasteiger partial charge on any atom is -0.492 e. The largest absolute Gasteiger partial charge is 0.492 e. The number of nitrogens with zero attached hydrogens (tertiary/aromatic N) is 3. The molecule has 4 bridgehead atoms. The van der Waals surface area contributed by atoms with Crippen LogP contribution in [0.3, 0.4) is 0 Å². The molecule has 57 heavy (non-hydrogen) atoms. The molecule has 304 valence electrons. The minimum absolute atomic E-state index is 0.0622. The fourth-order valence-corrected chi connectivity index (χ4v) is 10.3. The second kappa shape index (κ2) is 14.0. The van der Waals surface area contributed by atoms with Crippen LogP contribution in [0.25, 0.3) is 11.8 Å². The zero-order valence-corrected chi connectivity index (χ0v) is 34.7. The first-order valence-electron chi connectivity index (χ1n) is 20.3. The third-order valence-electron chi connectivity index (χ3n) is 12.9. The molecule has 7 aliphatic rings. The number of unbranched alkanes of at least 4 members (excludes halogenated alkanes) is 1. The Morgan fingerprint density at radius 3 is 2.56 bits per heavy atom. The molecule has 1 saturated heterocycles. The van der Waals surface area contributed by atoms with Gasteiger partial charge in [-0.1, -0.05) is 29.4 Å². The molecule has 2 N–H and O–H groups in total. The first-order valence-corrected chi connectivity index (χ1v) is 20.3. The monoisotopic (exact) mass is 780 g/mol. The van der Waals surface area contributed by atoms with Crippen molar-refractivity contribution in [1.29, 1.82) is 0 Å². The Morgan fingerprint density at radius 2 is 1.84 bits per heavy atom. The van der Waals surface area contributed by atoms with Gasteiger partial charge in [0.15, 0.2) is 17.0 Å². The van der Waals surface area contributed by atoms with Gasteiger partial charge in [-0.2, -0.15) is 10.1 Å². The number of hydrogen-bond acceptors (Lipinski definition) is 11. The van der Waals surface area contributed by atoms with Gasteiger partial charge in [0, 0.05) is 41.6 Å². The van der Waals surface area contributed by atoms with Crippen molar-refractivity contribution in [2.75, 3.05) is 25.6 Å². The van der Waals surface area contributed by atoms with Gasteiger partial charge in [-0.05, 0) is 106 Å². The number of hydrogen-bond donors (Lipinski definition) is 2. The van der Waals surface area contributed by atoms with E-state index in [9.17, 15) is 9.90 Å². The van der Waals surface area contributed by atoms with E-state index in [1.807, 2.05) is 18.5 Å². The van der Waals surface area contributed by atoms with E-state index in [4.69, 9.17) is 23.7 Å². The number of allylic oxidation sites excluding steroid dienone is 4. The molecule has 4 fully saturated rings. The Kier molecular flexibility index (Phi) is 9.62. The summed E-state index contributed by atoms with van der Waals surface area (Å²) in [4.78, 5) is 32.8. The average molecular weight is 781 g/mol. The first-order chi connectivity index (χ1) is 27.1. The fraction of sp³-hybridized carbons (Fsp3) is 0.556. The number of aromatic nitrogens is 3. The second-order valence-corrected chi connectivity index (χ2v) is 17.7. The van der Waals surface area contributed by atoms with Crippen LogP contribution in [0.1, 0.15) is 117 Å². The Morgan fingerprint density at radius 1 is 1.07 bits per heavy atom. The van der Waals surface area contributed by atoms with Crippen LogP contribution < -0.4 is 19.5 Å². The van der Waals surface area contributed by atoms with Crippen LogP contribution in [0.5, 0.6) is 17.2 Å². The number of ketones is 1. The summed E-state index contributed by atoms with van der Waals surface area (Å²) in [6.07, 6.45) is 15.9. The molecule has 0 amide bonds. The smallest absolute Gasteiger partial charge is 0.333 e. The number of aliphatic hydroxyl groups is 1. The van der Waals surface area contributed by atoms with E-state index in [2.05, 4.69) is 74.3 Å². The predicted molar refractivity (Wildman–Crippen MR) is 216 cm³/mol. The van der Waals surface area contributed by atoms with Gasteiger partial charge in [-0.15, -0.1) is 0 Å². The molecule has 3 aliphatic carbocycles. The normalized spacial score (nSPS) is 29.3. The van der Waals surface area contributed by atoms with E-state index in [-0.39, 0.29) is 24.7 Å². The van der Waals surface area contributed by atoms with Crippen molar-refractivity contribution in [3.8, 4) is 17.2 Å². The van der Waals surface area contributed by atoms with Gasteiger partial charge in [0.1, 0.15) is 29.2 Å². The van der Waals surface area contributed by atoms with Gasteiger partial charge in [-0.3, -0.25) is 4.79 Å². The highest BCUT2D eigenvalue weighted by molar-refractivity contribution is 6.02. The lowest BCUT2D eigenvalue weighted by Gasteiger charge is -2.62. The van der Waals surface area contributed by atoms with E-state index < -0.39 is 40.3 Å². The predicted octanol–water partition coefficient (Wildman–Crippen LogP) is 7.63. The number of Topliss-reactive ketones (excluding diaryl/α,β-unsaturated/α-hetero) is 1. The van der Waals surface area contributed by atoms with Crippen molar-refractivity contribution in [3.63, 3.8) is 0 Å². The van der Waals surface area contributed by atoms with E-state index in [0.29, 0.717) is 61.1 Å². The quantitative estimate of drug-likeness (QED) is 0.0897. The molecular formula is C45H56N4O8. The topological polar surface area (TPSA) is 143 Å². The van der Waals surface area contributed by atoms with Crippen molar-refractivity contribution < 1.29 is 38.4 Å². The van der Waals surface area contributed by atoms with Gasteiger partial charge in [0.05, 0.1) is 42.2 Å². The Labute approximate surface area is 335 Å². The maximum Gasteiger partial charge on any atom is 0.333 e. The van der Waals surface area contributed by atoms with Crippen LogP contribution in [-0.4, -0.2) is 74.4 Å². The van der Waals surface area contributed by atoms with Crippen LogP contribution in [0.2, 0.25) is 0 Å². The summed E-state index contributed by atoms with van der Waals surface area (Å²) in [5.41, 5.74) is 2.62. The van der Waals surface area contributed by atoms with E-state index in [0.717, 1.165) is 46.4 Å². The Bertz CT molecular complexity index is 2180. The highest BCUT2D eigenvalue weighted by Crippen LogP contribution is 2.74. The molecule has 12 heteroatoms. The summed E-state index contributed by atoms with van der Waals surface area (Å²) in [6.45, 7) is 16.7. The summed E-state index contributed by atoms with van der Waals surface area (Å²) >= 11 is 0. The number of aliphatic hydroxyl groups excluding tert-OH is 1. The average Bonchev–Trinajstić information content (AvgIpc) is 3.69. The van der Waals surface area contributed by atoms with Gasteiger partial charge in [0.25, 0.3) is 0 Å². The van der Waals surface area contributed by atoms with Crippen molar-refractivity contribution in [2.24, 2.45) is 11.8 Å². The van der Waals surface area contributed by atoms with Crippen molar-refractivity contribution in [3.05, 3.63) is 69.6 Å². The van der Waals surface area contributed by atoms with Crippen LogP contribution in [0, 0.1) is 11.8 Å². The van der Waals surface area contributed by atoms with Gasteiger partial charge in [-0.25, -0.2) is 9.48 Å². The van der Waals surface area contributed by atoms with Gasteiger partial charge < -0.3 is 34.1 Å². The number of fused-ring (bicyclic) bond motifs is 4. The lowest BCUT2D eigenvalue weighted by atomic mass is 9.47. The van der Waals surface area contributed by atoms with Crippen LogP contribution in [-0.2, 0) is 25.5 Å². The summed E-state index contributed by atoms with van der Waals surface area (Å²) < 4.78 is 35.9. The van der Waals surface area contributed by atoms with E-state index in [1.165, 1.54) is 19.0 Å². The van der Waals surface area contributed by atoms with Gasteiger partial charge in [0.2, 0.25) is 5.95 Å². The number of anilines is 1. The highest BCUT2D eigenvalue weighted by Gasteiger charge is 2.84. The highest BCUT2D eigenvalue weighted by atomic mass is 16.6. The zero-order valence-electron chi connectivity index (χ0n) is 34.7. The third-order valence-corrected chi connectivity index (χ3v) is 12.9. The molecule has 1 aromatic heterocycles. The fourth-order valence-electron chi connectivity index (χ4n) is 10.3. The molecule has 4 aliphatic heterocycles. The molecule has 1 spiro atoms.